The first-order valence-corrected chi connectivity index (χ1v) is 5.70. The first-order valence-electron chi connectivity index (χ1n) is 5.70. The van der Waals surface area contributed by atoms with Gasteiger partial charge in [-0.05, 0) is 37.1 Å². The normalized spacial score (nSPS) is 14.4. The molecule has 1 saturated carbocycles. The van der Waals surface area contributed by atoms with Crippen LogP contribution in [0.15, 0.2) is 33.6 Å². The highest BCUT2D eigenvalue weighted by Gasteiger charge is 2.29. The van der Waals surface area contributed by atoms with Gasteiger partial charge >= 0.3 is 5.76 Å². The summed E-state index contributed by atoms with van der Waals surface area (Å²) in [5, 5.41) is 6.42. The van der Waals surface area contributed by atoms with Crippen LogP contribution in [0.1, 0.15) is 12.8 Å². The number of nitrogens with zero attached hydrogens (tertiary/aromatic N) is 1. The van der Waals surface area contributed by atoms with E-state index in [2.05, 4.69) is 20.0 Å². The van der Waals surface area contributed by atoms with Gasteiger partial charge in [0.15, 0.2) is 5.82 Å². The van der Waals surface area contributed by atoms with E-state index >= 15 is 0 Å². The van der Waals surface area contributed by atoms with Crippen molar-refractivity contribution >= 4 is 11.6 Å². The molecule has 0 unspecified atom stereocenters. The highest BCUT2D eigenvalue weighted by atomic mass is 16.5. The van der Waals surface area contributed by atoms with Gasteiger partial charge in [-0.25, -0.2) is 4.79 Å². The SMILES string of the molecule is O=C(Nc1ccc(-c2noc(=O)[nH]2)cc1)C1CC1. The van der Waals surface area contributed by atoms with Crippen molar-refractivity contribution in [2.45, 2.75) is 12.8 Å². The standard InChI is InChI=1S/C12H11N3O3/c16-11(8-1-2-8)13-9-5-3-7(4-6-9)10-14-12(17)18-15-10/h3-6,8H,1-2H2,(H,13,16)(H,14,15,17). The zero-order chi connectivity index (χ0) is 12.5. The summed E-state index contributed by atoms with van der Waals surface area (Å²) in [5.74, 6) is 0.0327. The van der Waals surface area contributed by atoms with Gasteiger partial charge in [-0.15, -0.1) is 0 Å². The minimum atomic E-state index is -0.587. The molecule has 1 amide bonds. The maximum atomic E-state index is 11.5. The molecule has 1 aromatic heterocycles. The molecule has 0 aliphatic heterocycles. The van der Waals surface area contributed by atoms with Crippen molar-refractivity contribution in [1.29, 1.82) is 0 Å². The lowest BCUT2D eigenvalue weighted by Gasteiger charge is -2.04. The number of aromatic nitrogens is 2. The lowest BCUT2D eigenvalue weighted by molar-refractivity contribution is -0.117. The molecular formula is C12H11N3O3. The number of hydrogen-bond donors (Lipinski definition) is 2. The fourth-order valence-corrected chi connectivity index (χ4v) is 1.66. The van der Waals surface area contributed by atoms with Crippen molar-refractivity contribution in [2.75, 3.05) is 5.32 Å². The van der Waals surface area contributed by atoms with Crippen LogP contribution in [-0.4, -0.2) is 16.0 Å². The molecule has 1 heterocycles. The molecule has 6 nitrogen and oxygen atoms in total. The zero-order valence-corrected chi connectivity index (χ0v) is 9.47. The number of carbonyl (C=O) groups is 1. The summed E-state index contributed by atoms with van der Waals surface area (Å²) in [5.41, 5.74) is 1.46. The van der Waals surface area contributed by atoms with E-state index < -0.39 is 5.76 Å². The molecule has 3 rings (SSSR count). The van der Waals surface area contributed by atoms with Crippen molar-refractivity contribution in [1.82, 2.24) is 10.1 Å². The van der Waals surface area contributed by atoms with Crippen molar-refractivity contribution in [2.24, 2.45) is 5.92 Å². The quantitative estimate of drug-likeness (QED) is 0.855. The third kappa shape index (κ3) is 2.17. The van der Waals surface area contributed by atoms with Crippen molar-refractivity contribution in [3.8, 4) is 11.4 Å². The van der Waals surface area contributed by atoms with E-state index in [0.717, 1.165) is 24.1 Å². The number of anilines is 1. The number of benzene rings is 1. The van der Waals surface area contributed by atoms with Crippen molar-refractivity contribution < 1.29 is 9.32 Å². The van der Waals surface area contributed by atoms with Gasteiger partial charge < -0.3 is 5.32 Å². The summed E-state index contributed by atoms with van der Waals surface area (Å²) in [6, 6.07) is 7.05. The van der Waals surface area contributed by atoms with E-state index in [0.29, 0.717) is 5.82 Å². The van der Waals surface area contributed by atoms with Crippen LogP contribution < -0.4 is 11.1 Å². The summed E-state index contributed by atoms with van der Waals surface area (Å²) >= 11 is 0. The third-order valence-corrected chi connectivity index (χ3v) is 2.81. The fraction of sp³-hybridized carbons (Fsp3) is 0.250. The smallest absolute Gasteiger partial charge is 0.326 e. The lowest BCUT2D eigenvalue weighted by atomic mass is 10.2. The lowest BCUT2D eigenvalue weighted by Crippen LogP contribution is -2.12. The van der Waals surface area contributed by atoms with Crippen LogP contribution in [0.3, 0.4) is 0 Å². The Morgan fingerprint density at radius 2 is 2.06 bits per heavy atom. The number of hydrogen-bond acceptors (Lipinski definition) is 4. The summed E-state index contributed by atoms with van der Waals surface area (Å²) in [6.45, 7) is 0. The van der Waals surface area contributed by atoms with Gasteiger partial charge in [0.2, 0.25) is 5.91 Å². The first-order chi connectivity index (χ1) is 8.72. The Kier molecular flexibility index (Phi) is 2.47. The maximum Gasteiger partial charge on any atom is 0.439 e. The van der Waals surface area contributed by atoms with Crippen LogP contribution >= 0.6 is 0 Å². The average Bonchev–Trinajstić information content (AvgIpc) is 3.13. The Bertz CT molecular complexity index is 623. The molecule has 18 heavy (non-hydrogen) atoms. The predicted octanol–water partition coefficient (Wildman–Crippen LogP) is 1.38. The molecule has 1 aliphatic rings. The van der Waals surface area contributed by atoms with Crippen LogP contribution in [0.2, 0.25) is 0 Å². The number of nitrogens with one attached hydrogen (secondary N) is 2. The predicted molar refractivity (Wildman–Crippen MR) is 63.9 cm³/mol. The summed E-state index contributed by atoms with van der Waals surface area (Å²) < 4.78 is 4.42. The monoisotopic (exact) mass is 245 g/mol. The summed E-state index contributed by atoms with van der Waals surface area (Å²) in [6.07, 6.45) is 1.95. The van der Waals surface area contributed by atoms with Gasteiger partial charge in [-0.3, -0.25) is 14.3 Å². The number of rotatable bonds is 3. The first kappa shape index (κ1) is 10.8. The van der Waals surface area contributed by atoms with Crippen LogP contribution in [0.5, 0.6) is 0 Å². The molecule has 0 spiro atoms. The third-order valence-electron chi connectivity index (χ3n) is 2.81. The number of carbonyl (C=O) groups excluding carboxylic acids is 1. The number of aromatic amines is 1. The number of amides is 1. The molecule has 0 atom stereocenters. The highest BCUT2D eigenvalue weighted by Crippen LogP contribution is 2.30. The minimum Gasteiger partial charge on any atom is -0.326 e. The van der Waals surface area contributed by atoms with E-state index in [1.807, 2.05) is 0 Å². The van der Waals surface area contributed by atoms with Crippen LogP contribution in [0.4, 0.5) is 5.69 Å². The molecule has 1 aromatic carbocycles. The van der Waals surface area contributed by atoms with Crippen LogP contribution in [-0.2, 0) is 4.79 Å². The molecule has 0 saturated heterocycles. The molecule has 2 N–H and O–H groups in total. The second-order valence-electron chi connectivity index (χ2n) is 4.28. The zero-order valence-electron chi connectivity index (χ0n) is 9.47. The Labute approximate surface area is 102 Å². The molecule has 1 aliphatic carbocycles. The largest absolute Gasteiger partial charge is 0.439 e. The highest BCUT2D eigenvalue weighted by molar-refractivity contribution is 5.94. The molecule has 6 heteroatoms. The van der Waals surface area contributed by atoms with Gasteiger partial charge in [0.25, 0.3) is 0 Å². The Morgan fingerprint density at radius 3 is 2.61 bits per heavy atom. The van der Waals surface area contributed by atoms with Crippen LogP contribution in [0.25, 0.3) is 11.4 Å². The molecule has 92 valence electrons. The molecule has 2 aromatic rings. The fourth-order valence-electron chi connectivity index (χ4n) is 1.66. The summed E-state index contributed by atoms with van der Waals surface area (Å²) in [7, 11) is 0. The van der Waals surface area contributed by atoms with Gasteiger partial charge in [0.05, 0.1) is 0 Å². The van der Waals surface area contributed by atoms with E-state index in [-0.39, 0.29) is 11.8 Å². The Morgan fingerprint density at radius 1 is 1.33 bits per heavy atom. The minimum absolute atomic E-state index is 0.0672. The average molecular weight is 245 g/mol. The molecule has 1 fully saturated rings. The second kappa shape index (κ2) is 4.14. The van der Waals surface area contributed by atoms with E-state index in [1.165, 1.54) is 0 Å². The second-order valence-corrected chi connectivity index (χ2v) is 4.28. The maximum absolute atomic E-state index is 11.5. The number of H-pyrrole nitrogens is 1. The van der Waals surface area contributed by atoms with Gasteiger partial charge in [-0.1, -0.05) is 5.16 Å². The van der Waals surface area contributed by atoms with Gasteiger partial charge in [-0.2, -0.15) is 0 Å². The Balaban J connectivity index is 1.76. The van der Waals surface area contributed by atoms with Crippen LogP contribution in [0, 0.1) is 5.92 Å². The molecular weight excluding hydrogens is 234 g/mol. The van der Waals surface area contributed by atoms with Crippen molar-refractivity contribution in [3.05, 3.63) is 34.8 Å². The van der Waals surface area contributed by atoms with Gasteiger partial charge in [0.1, 0.15) is 0 Å². The molecule has 0 bridgehead atoms. The van der Waals surface area contributed by atoms with E-state index in [1.54, 1.807) is 24.3 Å². The van der Waals surface area contributed by atoms with Gasteiger partial charge in [0, 0.05) is 17.2 Å². The van der Waals surface area contributed by atoms with E-state index in [9.17, 15) is 9.59 Å². The topological polar surface area (TPSA) is 88.0 Å². The summed E-state index contributed by atoms with van der Waals surface area (Å²) in [4.78, 5) is 24.8. The van der Waals surface area contributed by atoms with E-state index in [4.69, 9.17) is 0 Å². The Hall–Kier alpha value is -2.37. The molecule has 0 radical (unpaired) electrons. The van der Waals surface area contributed by atoms with Crippen molar-refractivity contribution in [3.63, 3.8) is 0 Å².